The van der Waals surface area contributed by atoms with E-state index < -0.39 is 0 Å². The predicted molar refractivity (Wildman–Crippen MR) is 95.8 cm³/mol. The number of hydrogen-bond donors (Lipinski definition) is 2. The van der Waals surface area contributed by atoms with Gasteiger partial charge in [-0.15, -0.1) is 0 Å². The van der Waals surface area contributed by atoms with Crippen molar-refractivity contribution in [3.8, 4) is 0 Å². The number of anilines is 1. The number of hydrogen-bond acceptors (Lipinski definition) is 6. The number of pyridine rings is 1. The topological polar surface area (TPSA) is 100 Å². The molecule has 0 fully saturated rings. The molecule has 0 radical (unpaired) electrons. The molecule has 0 unspecified atom stereocenters. The smallest absolute Gasteiger partial charge is 0.276 e. The summed E-state index contributed by atoms with van der Waals surface area (Å²) in [5, 5.41) is 9.78. The molecule has 1 aliphatic heterocycles. The summed E-state index contributed by atoms with van der Waals surface area (Å²) in [5.74, 6) is 0.894. The summed E-state index contributed by atoms with van der Waals surface area (Å²) in [4.78, 5) is 30.9. The Bertz CT molecular complexity index is 774. The van der Waals surface area contributed by atoms with Crippen molar-refractivity contribution >= 4 is 17.6 Å². The molecule has 2 bridgehead atoms. The van der Waals surface area contributed by atoms with E-state index in [4.69, 9.17) is 4.52 Å². The molecule has 1 aliphatic rings. The Labute approximate surface area is 151 Å². The lowest BCUT2D eigenvalue weighted by Crippen LogP contribution is -2.42. The second-order valence-corrected chi connectivity index (χ2v) is 6.30. The lowest BCUT2D eigenvalue weighted by molar-refractivity contribution is -0.121. The average molecular weight is 357 g/mol. The van der Waals surface area contributed by atoms with Gasteiger partial charge in [-0.25, -0.2) is 4.98 Å². The minimum Gasteiger partial charge on any atom is -0.368 e. The van der Waals surface area contributed by atoms with Crippen LogP contribution in [-0.2, 0) is 11.2 Å². The van der Waals surface area contributed by atoms with Crippen LogP contribution in [0.3, 0.4) is 0 Å². The summed E-state index contributed by atoms with van der Waals surface area (Å²) in [7, 11) is 0. The van der Waals surface area contributed by atoms with Crippen LogP contribution in [0.1, 0.15) is 34.8 Å². The van der Waals surface area contributed by atoms with Gasteiger partial charge in [-0.2, -0.15) is 0 Å². The maximum Gasteiger partial charge on any atom is 0.276 e. The van der Waals surface area contributed by atoms with E-state index in [1.165, 1.54) is 4.90 Å². The van der Waals surface area contributed by atoms with Gasteiger partial charge in [0, 0.05) is 31.4 Å². The van der Waals surface area contributed by atoms with Crippen LogP contribution >= 0.6 is 0 Å². The van der Waals surface area contributed by atoms with E-state index in [9.17, 15) is 9.59 Å². The molecule has 2 aromatic rings. The molecule has 0 saturated carbocycles. The third kappa shape index (κ3) is 4.81. The molecule has 0 aromatic carbocycles. The van der Waals surface area contributed by atoms with Gasteiger partial charge in [0.25, 0.3) is 5.91 Å². The van der Waals surface area contributed by atoms with Crippen molar-refractivity contribution in [3.63, 3.8) is 0 Å². The van der Waals surface area contributed by atoms with Gasteiger partial charge in [0.1, 0.15) is 11.6 Å². The SMILES string of the molecule is Cc1cc(C(=O)N2CCCCc3cccc(n3)NCCNC(=O)C2)no1. The Morgan fingerprint density at radius 1 is 1.23 bits per heavy atom. The number of aryl methyl sites for hydroxylation is 2. The standard InChI is InChI=1S/C18H23N5O3/c1-13-11-15(22-26-13)18(25)23-10-3-2-5-14-6-4-7-16(21-14)19-8-9-20-17(24)12-23/h4,6-7,11H,2-3,5,8-10,12H2,1H3,(H,19,21)(H,20,24). The fourth-order valence-corrected chi connectivity index (χ4v) is 2.83. The highest BCUT2D eigenvalue weighted by Gasteiger charge is 2.21. The molecule has 0 atom stereocenters. The highest BCUT2D eigenvalue weighted by Crippen LogP contribution is 2.11. The van der Waals surface area contributed by atoms with Gasteiger partial charge in [-0.05, 0) is 38.3 Å². The lowest BCUT2D eigenvalue weighted by Gasteiger charge is -2.21. The number of carbonyl (C=O) groups excluding carboxylic acids is 2. The van der Waals surface area contributed by atoms with Crippen LogP contribution < -0.4 is 10.6 Å². The second-order valence-electron chi connectivity index (χ2n) is 6.30. The first kappa shape index (κ1) is 17.9. The first-order valence-electron chi connectivity index (χ1n) is 8.81. The van der Waals surface area contributed by atoms with Gasteiger partial charge < -0.3 is 20.1 Å². The van der Waals surface area contributed by atoms with E-state index in [0.717, 1.165) is 30.8 Å². The van der Waals surface area contributed by atoms with Crippen LogP contribution in [0.5, 0.6) is 0 Å². The normalized spacial score (nSPS) is 16.3. The lowest BCUT2D eigenvalue weighted by atomic mass is 10.1. The van der Waals surface area contributed by atoms with Crippen LogP contribution in [0.15, 0.2) is 28.8 Å². The Balaban J connectivity index is 1.70. The second kappa shape index (κ2) is 8.46. The minimum atomic E-state index is -0.289. The molecule has 0 aliphatic carbocycles. The van der Waals surface area contributed by atoms with Crippen LogP contribution in [-0.4, -0.2) is 53.0 Å². The largest absolute Gasteiger partial charge is 0.368 e. The molecule has 2 aromatic heterocycles. The van der Waals surface area contributed by atoms with Crippen molar-refractivity contribution in [2.75, 3.05) is 31.5 Å². The van der Waals surface area contributed by atoms with E-state index in [-0.39, 0.29) is 24.1 Å². The first-order valence-corrected chi connectivity index (χ1v) is 8.81. The van der Waals surface area contributed by atoms with Crippen LogP contribution in [0.4, 0.5) is 5.82 Å². The summed E-state index contributed by atoms with van der Waals surface area (Å²) in [6.45, 7) is 3.24. The van der Waals surface area contributed by atoms with Crippen LogP contribution in [0.25, 0.3) is 0 Å². The fourth-order valence-electron chi connectivity index (χ4n) is 2.83. The molecule has 0 spiro atoms. The quantitative estimate of drug-likeness (QED) is 0.800. The number of carbonyl (C=O) groups is 2. The van der Waals surface area contributed by atoms with E-state index in [0.29, 0.717) is 25.4 Å². The molecule has 3 rings (SSSR count). The van der Waals surface area contributed by atoms with E-state index in [2.05, 4.69) is 20.8 Å². The summed E-state index contributed by atoms with van der Waals surface area (Å²) in [6.07, 6.45) is 2.47. The number of aromatic nitrogens is 2. The Morgan fingerprint density at radius 3 is 2.88 bits per heavy atom. The molecule has 3 heterocycles. The van der Waals surface area contributed by atoms with Gasteiger partial charge in [0.15, 0.2) is 5.69 Å². The van der Waals surface area contributed by atoms with Crippen molar-refractivity contribution in [2.45, 2.75) is 26.2 Å². The van der Waals surface area contributed by atoms with Crippen molar-refractivity contribution in [3.05, 3.63) is 41.4 Å². The van der Waals surface area contributed by atoms with Gasteiger partial charge in [0.05, 0.1) is 6.54 Å². The van der Waals surface area contributed by atoms with E-state index in [1.54, 1.807) is 13.0 Å². The number of nitrogens with one attached hydrogen (secondary N) is 2. The Kier molecular flexibility index (Phi) is 5.83. The summed E-state index contributed by atoms with van der Waals surface area (Å²) in [5.41, 5.74) is 1.24. The first-order chi connectivity index (χ1) is 12.6. The number of amides is 2. The molecule has 26 heavy (non-hydrogen) atoms. The summed E-state index contributed by atoms with van der Waals surface area (Å²) in [6, 6.07) is 7.47. The molecule has 8 nitrogen and oxygen atoms in total. The number of nitrogens with zero attached hydrogens (tertiary/aromatic N) is 3. The molecule has 8 heteroatoms. The Morgan fingerprint density at radius 2 is 2.08 bits per heavy atom. The molecular weight excluding hydrogens is 334 g/mol. The van der Waals surface area contributed by atoms with E-state index in [1.807, 2.05) is 18.2 Å². The highest BCUT2D eigenvalue weighted by atomic mass is 16.5. The fraction of sp³-hybridized carbons (Fsp3) is 0.444. The Hall–Kier alpha value is -2.90. The summed E-state index contributed by atoms with van der Waals surface area (Å²) < 4.78 is 4.98. The molecule has 138 valence electrons. The zero-order chi connectivity index (χ0) is 18.4. The van der Waals surface area contributed by atoms with Gasteiger partial charge in [0.2, 0.25) is 5.91 Å². The van der Waals surface area contributed by atoms with Gasteiger partial charge >= 0.3 is 0 Å². The maximum absolute atomic E-state index is 12.6. The van der Waals surface area contributed by atoms with Crippen molar-refractivity contribution in [1.82, 2.24) is 20.4 Å². The van der Waals surface area contributed by atoms with Gasteiger partial charge in [-0.3, -0.25) is 9.59 Å². The van der Waals surface area contributed by atoms with Crippen molar-refractivity contribution in [1.29, 1.82) is 0 Å². The molecule has 2 amide bonds. The number of rotatable bonds is 1. The maximum atomic E-state index is 12.6. The average Bonchev–Trinajstić information content (AvgIpc) is 3.07. The zero-order valence-corrected chi connectivity index (χ0v) is 14.8. The molecule has 0 saturated heterocycles. The minimum absolute atomic E-state index is 0.00822. The van der Waals surface area contributed by atoms with Crippen molar-refractivity contribution < 1.29 is 14.1 Å². The highest BCUT2D eigenvalue weighted by molar-refractivity contribution is 5.94. The monoisotopic (exact) mass is 357 g/mol. The summed E-state index contributed by atoms with van der Waals surface area (Å²) >= 11 is 0. The zero-order valence-electron chi connectivity index (χ0n) is 14.8. The third-order valence-electron chi connectivity index (χ3n) is 4.14. The van der Waals surface area contributed by atoms with Crippen LogP contribution in [0, 0.1) is 6.92 Å². The van der Waals surface area contributed by atoms with E-state index >= 15 is 0 Å². The predicted octanol–water partition coefficient (Wildman–Crippen LogP) is 1.38. The molecular formula is C18H23N5O3. The van der Waals surface area contributed by atoms with Crippen molar-refractivity contribution in [2.24, 2.45) is 0 Å². The third-order valence-corrected chi connectivity index (χ3v) is 4.14. The van der Waals surface area contributed by atoms with Crippen LogP contribution in [0.2, 0.25) is 0 Å². The molecule has 2 N–H and O–H groups in total. The van der Waals surface area contributed by atoms with Gasteiger partial charge in [-0.1, -0.05) is 11.2 Å². The number of fused-ring (bicyclic) bond motifs is 2.